The minimum Gasteiger partial charge on any atom is -0.497 e. The van der Waals surface area contributed by atoms with Crippen molar-refractivity contribution in [3.05, 3.63) is 81.9 Å². The molecular weight excluding hydrogens is 717 g/mol. The highest BCUT2D eigenvalue weighted by Crippen LogP contribution is 2.54. The Balaban J connectivity index is 1.46. The molecule has 1 aromatic heterocycles. The van der Waals surface area contributed by atoms with Crippen molar-refractivity contribution in [2.24, 2.45) is 0 Å². The third-order valence-corrected chi connectivity index (χ3v) is 8.97. The molecule has 2 aliphatic heterocycles. The first-order valence-electron chi connectivity index (χ1n) is 15.6. The molecule has 0 saturated carbocycles. The predicted octanol–water partition coefficient (Wildman–Crippen LogP) is 3.37. The van der Waals surface area contributed by atoms with Gasteiger partial charge < -0.3 is 43.4 Å². The van der Waals surface area contributed by atoms with E-state index in [0.717, 1.165) is 4.57 Å². The SMILES string of the molecule is COc1ccc(C(=O)Nc2ccn([C@@H]3O[C@H](COC(=O)CCC(C)=O)[C@@](O)(OP(=O)(O)Oc4ccccc4Cl)[C@H]3OC3CCCO3)c(=O)n2)cc1. The number of hydrogen-bond donors (Lipinski definition) is 3. The van der Waals surface area contributed by atoms with Crippen molar-refractivity contribution < 1.29 is 61.7 Å². The molecule has 2 saturated heterocycles. The zero-order valence-corrected chi connectivity index (χ0v) is 29.0. The predicted molar refractivity (Wildman–Crippen MR) is 176 cm³/mol. The number of ketones is 1. The van der Waals surface area contributed by atoms with Crippen LogP contribution in [0.25, 0.3) is 0 Å². The smallest absolute Gasteiger partial charge is 0.497 e. The average molecular weight is 752 g/mol. The molecule has 2 unspecified atom stereocenters. The number of methoxy groups -OCH3 is 1. The summed E-state index contributed by atoms with van der Waals surface area (Å²) < 4.78 is 52.8. The van der Waals surface area contributed by atoms with Crippen LogP contribution >= 0.6 is 19.4 Å². The Bertz CT molecular complexity index is 1840. The number of nitrogens with zero attached hydrogens (tertiary/aromatic N) is 2. The number of amides is 1. The molecule has 3 aromatic rings. The number of hydrogen-bond acceptors (Lipinski definition) is 14. The number of ether oxygens (including phenoxy) is 5. The highest BCUT2D eigenvalue weighted by molar-refractivity contribution is 7.47. The Kier molecular flexibility index (Phi) is 12.3. The number of carbonyl (C=O) groups is 3. The molecule has 274 valence electrons. The average Bonchev–Trinajstić information content (AvgIpc) is 3.69. The topological polar surface area (TPSA) is 220 Å². The van der Waals surface area contributed by atoms with Gasteiger partial charge in [-0.1, -0.05) is 23.7 Å². The van der Waals surface area contributed by atoms with E-state index < -0.39 is 62.5 Å². The molecule has 3 N–H and O–H groups in total. The van der Waals surface area contributed by atoms with Crippen LogP contribution in [-0.4, -0.2) is 81.8 Å². The number of halogens is 1. The van der Waals surface area contributed by atoms with Gasteiger partial charge in [-0.15, -0.1) is 0 Å². The monoisotopic (exact) mass is 751 g/mol. The van der Waals surface area contributed by atoms with Crippen LogP contribution in [0.1, 0.15) is 49.2 Å². The molecule has 2 aliphatic rings. The normalized spacial score (nSPS) is 24.0. The number of anilines is 1. The minimum absolute atomic E-state index is 0.0529. The largest absolute Gasteiger partial charge is 0.530 e. The summed E-state index contributed by atoms with van der Waals surface area (Å²) in [4.78, 5) is 64.9. The van der Waals surface area contributed by atoms with Gasteiger partial charge >= 0.3 is 19.5 Å². The third-order valence-electron chi connectivity index (χ3n) is 7.70. The Morgan fingerprint density at radius 2 is 1.88 bits per heavy atom. The quantitative estimate of drug-likeness (QED) is 0.115. The molecule has 19 heteroatoms. The Morgan fingerprint density at radius 3 is 2.53 bits per heavy atom. The molecule has 5 rings (SSSR count). The highest BCUT2D eigenvalue weighted by Gasteiger charge is 2.63. The van der Waals surface area contributed by atoms with Gasteiger partial charge in [0, 0.05) is 31.2 Å². The van der Waals surface area contributed by atoms with Crippen LogP contribution < -0.4 is 20.3 Å². The summed E-state index contributed by atoms with van der Waals surface area (Å²) in [5, 5.41) is 14.6. The Hall–Kier alpha value is -4.19. The van der Waals surface area contributed by atoms with Crippen molar-refractivity contribution in [1.29, 1.82) is 0 Å². The number of nitrogens with one attached hydrogen (secondary N) is 1. The minimum atomic E-state index is -5.32. The Morgan fingerprint density at radius 1 is 1.14 bits per heavy atom. The molecule has 0 bridgehead atoms. The summed E-state index contributed by atoms with van der Waals surface area (Å²) in [6, 6.07) is 13.1. The summed E-state index contributed by atoms with van der Waals surface area (Å²) in [6.45, 7) is 0.786. The molecule has 3 heterocycles. The molecule has 17 nitrogen and oxygen atoms in total. The summed E-state index contributed by atoms with van der Waals surface area (Å²) in [7, 11) is -3.84. The van der Waals surface area contributed by atoms with Crippen LogP contribution in [0.4, 0.5) is 5.82 Å². The number of Topliss-reactive ketones (excluding diaryl/α,β-unsaturated/α-hetero) is 1. The van der Waals surface area contributed by atoms with Gasteiger partial charge in [-0.25, -0.2) is 13.9 Å². The van der Waals surface area contributed by atoms with Crippen molar-refractivity contribution in [3.63, 3.8) is 0 Å². The molecule has 0 aliphatic carbocycles. The Labute approximate surface area is 295 Å². The lowest BCUT2D eigenvalue weighted by atomic mass is 10.1. The van der Waals surface area contributed by atoms with Gasteiger partial charge in [0.05, 0.1) is 18.6 Å². The van der Waals surface area contributed by atoms with Gasteiger partial charge in [-0.3, -0.25) is 19.0 Å². The number of carbonyl (C=O) groups excluding carboxylic acids is 3. The molecule has 1 amide bonds. The maximum absolute atomic E-state index is 13.4. The number of rotatable bonds is 15. The van der Waals surface area contributed by atoms with Crippen molar-refractivity contribution in [3.8, 4) is 11.5 Å². The van der Waals surface area contributed by atoms with E-state index in [1.165, 1.54) is 56.6 Å². The fourth-order valence-corrected chi connectivity index (χ4v) is 6.43. The lowest BCUT2D eigenvalue weighted by Crippen LogP contribution is -2.53. The van der Waals surface area contributed by atoms with Crippen molar-refractivity contribution in [1.82, 2.24) is 9.55 Å². The number of phosphoric ester groups is 1. The first-order valence-corrected chi connectivity index (χ1v) is 17.5. The van der Waals surface area contributed by atoms with E-state index in [4.69, 9.17) is 44.3 Å². The van der Waals surface area contributed by atoms with Crippen molar-refractivity contribution in [2.45, 2.75) is 63.1 Å². The van der Waals surface area contributed by atoms with E-state index in [1.807, 2.05) is 0 Å². The van der Waals surface area contributed by atoms with E-state index in [9.17, 15) is 33.7 Å². The second kappa shape index (κ2) is 16.4. The summed E-state index contributed by atoms with van der Waals surface area (Å²) >= 11 is 6.10. The van der Waals surface area contributed by atoms with E-state index >= 15 is 0 Å². The number of esters is 1. The number of aromatic nitrogens is 2. The van der Waals surface area contributed by atoms with Crippen LogP contribution in [0.5, 0.6) is 11.5 Å². The zero-order chi connectivity index (χ0) is 36.8. The van der Waals surface area contributed by atoms with Crippen molar-refractivity contribution in [2.75, 3.05) is 25.6 Å². The molecule has 6 atom stereocenters. The van der Waals surface area contributed by atoms with Gasteiger partial charge in [-0.2, -0.15) is 4.98 Å². The van der Waals surface area contributed by atoms with Crippen LogP contribution in [0.3, 0.4) is 0 Å². The molecular formula is C32H35ClN3O14P. The first kappa shape index (κ1) is 38.1. The number of benzene rings is 2. The standard InChI is InChI=1S/C32H35ClN3O14P/c1-19(37)9-14-26(38)46-18-24-32(41,50-51(42,43)49-23-7-4-3-6-22(23)33)28(48-27-8-5-17-45-27)30(47-24)36-16-15-25(35-31(36)40)34-29(39)20-10-12-21(44-2)13-11-20/h3-4,6-7,10-13,15-16,24,27-28,30,41H,5,8-9,14,17-18H2,1-2H3,(H,42,43)(H,34,35,39,40)/t24-,27?,28+,30-,32-/m1/s1. The molecule has 0 radical (unpaired) electrons. The molecule has 0 spiro atoms. The molecule has 2 aromatic carbocycles. The van der Waals surface area contributed by atoms with Crippen LogP contribution in [0, 0.1) is 0 Å². The van der Waals surface area contributed by atoms with E-state index in [1.54, 1.807) is 18.2 Å². The maximum Gasteiger partial charge on any atom is 0.530 e. The number of para-hydroxylation sites is 1. The van der Waals surface area contributed by atoms with Gasteiger partial charge in [0.1, 0.15) is 29.7 Å². The second-order valence-corrected chi connectivity index (χ2v) is 13.1. The maximum atomic E-state index is 13.4. The second-order valence-electron chi connectivity index (χ2n) is 11.4. The fraction of sp³-hybridized carbons (Fsp3) is 0.406. The first-order chi connectivity index (χ1) is 24.3. The summed E-state index contributed by atoms with van der Waals surface area (Å²) in [5.41, 5.74) is -0.754. The molecule has 2 fully saturated rings. The number of phosphoric acid groups is 1. The fourth-order valence-electron chi connectivity index (χ4n) is 5.16. The number of aliphatic hydroxyl groups is 1. The van der Waals surface area contributed by atoms with E-state index in [-0.39, 0.29) is 47.4 Å². The van der Waals surface area contributed by atoms with Crippen LogP contribution in [-0.2, 0) is 37.6 Å². The lowest BCUT2D eigenvalue weighted by molar-refractivity contribution is -0.267. The van der Waals surface area contributed by atoms with E-state index in [0.29, 0.717) is 18.6 Å². The van der Waals surface area contributed by atoms with Gasteiger partial charge in [0.25, 0.3) is 5.91 Å². The third kappa shape index (κ3) is 9.58. The highest BCUT2D eigenvalue weighted by atomic mass is 35.5. The lowest BCUT2D eigenvalue weighted by Gasteiger charge is -2.34. The zero-order valence-electron chi connectivity index (χ0n) is 27.3. The van der Waals surface area contributed by atoms with Gasteiger partial charge in [-0.05, 0) is 55.8 Å². The summed E-state index contributed by atoms with van der Waals surface area (Å²) in [5.74, 6) is -4.55. The molecule has 51 heavy (non-hydrogen) atoms. The van der Waals surface area contributed by atoms with Crippen LogP contribution in [0.2, 0.25) is 5.02 Å². The van der Waals surface area contributed by atoms with Crippen molar-refractivity contribution >= 4 is 42.9 Å². The van der Waals surface area contributed by atoms with Gasteiger partial charge in [0.15, 0.2) is 24.7 Å². The van der Waals surface area contributed by atoms with Crippen LogP contribution in [0.15, 0.2) is 65.6 Å². The van der Waals surface area contributed by atoms with E-state index in [2.05, 4.69) is 10.3 Å². The van der Waals surface area contributed by atoms with Gasteiger partial charge in [0.2, 0.25) is 5.79 Å². The summed E-state index contributed by atoms with van der Waals surface area (Å²) in [6.07, 6.45) is -4.61.